The maximum atomic E-state index is 10.8. The average Bonchev–Trinajstić information content (AvgIpc) is 2.90. The lowest BCUT2D eigenvalue weighted by molar-refractivity contribution is -0.149. The molecule has 1 heterocycles. The van der Waals surface area contributed by atoms with Crippen LogP contribution in [-0.4, -0.2) is 29.8 Å². The Morgan fingerprint density at radius 2 is 2.16 bits per heavy atom. The van der Waals surface area contributed by atoms with Crippen molar-refractivity contribution in [1.82, 2.24) is 5.32 Å². The van der Waals surface area contributed by atoms with E-state index < -0.39 is 12.1 Å². The van der Waals surface area contributed by atoms with Crippen molar-refractivity contribution < 1.29 is 14.6 Å². The number of carboxylic acid groups (broad SMARTS) is 1. The van der Waals surface area contributed by atoms with Crippen LogP contribution in [0.1, 0.15) is 37.8 Å². The van der Waals surface area contributed by atoms with Crippen molar-refractivity contribution in [3.05, 3.63) is 35.9 Å². The topological polar surface area (TPSA) is 58.6 Å². The molecule has 4 nitrogen and oxygen atoms in total. The van der Waals surface area contributed by atoms with E-state index >= 15 is 0 Å². The van der Waals surface area contributed by atoms with Gasteiger partial charge in [-0.2, -0.15) is 0 Å². The first-order chi connectivity index (χ1) is 9.20. The second-order valence-corrected chi connectivity index (χ2v) is 4.94. The third-order valence-corrected chi connectivity index (χ3v) is 3.59. The first-order valence-corrected chi connectivity index (χ1v) is 6.87. The average molecular weight is 263 g/mol. The van der Waals surface area contributed by atoms with Gasteiger partial charge in [0.25, 0.3) is 0 Å². The Bertz CT molecular complexity index is 407. The molecular weight excluding hydrogens is 242 g/mol. The maximum absolute atomic E-state index is 10.8. The number of carbonyl (C=O) groups is 1. The quantitative estimate of drug-likeness (QED) is 0.827. The van der Waals surface area contributed by atoms with Gasteiger partial charge in [0, 0.05) is 12.6 Å². The van der Waals surface area contributed by atoms with Crippen molar-refractivity contribution in [3.63, 3.8) is 0 Å². The first-order valence-electron chi connectivity index (χ1n) is 6.87. The van der Waals surface area contributed by atoms with Crippen LogP contribution < -0.4 is 5.32 Å². The molecule has 2 rings (SSSR count). The number of hydrogen-bond donors (Lipinski definition) is 2. The first kappa shape index (κ1) is 14.0. The van der Waals surface area contributed by atoms with E-state index in [2.05, 4.69) is 24.4 Å². The van der Waals surface area contributed by atoms with Gasteiger partial charge in [-0.25, -0.2) is 4.79 Å². The Morgan fingerprint density at radius 3 is 2.74 bits per heavy atom. The van der Waals surface area contributed by atoms with E-state index in [1.807, 2.05) is 18.2 Å². The van der Waals surface area contributed by atoms with Gasteiger partial charge in [-0.05, 0) is 24.8 Å². The fraction of sp³-hybridized carbons (Fsp3) is 0.533. The lowest BCUT2D eigenvalue weighted by atomic mass is 10.0. The number of carboxylic acids is 1. The second kappa shape index (κ2) is 6.68. The van der Waals surface area contributed by atoms with Crippen LogP contribution in [0.5, 0.6) is 0 Å². The van der Waals surface area contributed by atoms with Gasteiger partial charge in [-0.1, -0.05) is 37.3 Å². The summed E-state index contributed by atoms with van der Waals surface area (Å²) in [7, 11) is 0. The van der Waals surface area contributed by atoms with E-state index in [0.29, 0.717) is 19.0 Å². The summed E-state index contributed by atoms with van der Waals surface area (Å²) >= 11 is 0. The highest BCUT2D eigenvalue weighted by molar-refractivity contribution is 5.72. The third kappa shape index (κ3) is 3.78. The molecule has 1 saturated heterocycles. The van der Waals surface area contributed by atoms with Crippen molar-refractivity contribution in [2.45, 2.75) is 44.4 Å². The molecule has 2 N–H and O–H groups in total. The molecule has 3 unspecified atom stereocenters. The van der Waals surface area contributed by atoms with Crippen molar-refractivity contribution in [2.75, 3.05) is 6.54 Å². The fourth-order valence-electron chi connectivity index (χ4n) is 2.49. The molecule has 3 atom stereocenters. The van der Waals surface area contributed by atoms with Gasteiger partial charge in [0.05, 0.1) is 6.10 Å². The summed E-state index contributed by atoms with van der Waals surface area (Å²) in [6.45, 7) is 2.84. The molecule has 0 spiro atoms. The highest BCUT2D eigenvalue weighted by Crippen LogP contribution is 2.21. The lowest BCUT2D eigenvalue weighted by Crippen LogP contribution is -2.31. The molecule has 19 heavy (non-hydrogen) atoms. The molecule has 0 aromatic heterocycles. The lowest BCUT2D eigenvalue weighted by Gasteiger charge is -2.20. The molecule has 0 saturated carbocycles. The molecule has 1 fully saturated rings. The van der Waals surface area contributed by atoms with E-state index in [1.54, 1.807) is 0 Å². The zero-order valence-electron chi connectivity index (χ0n) is 11.2. The van der Waals surface area contributed by atoms with Crippen LogP contribution in [0.3, 0.4) is 0 Å². The van der Waals surface area contributed by atoms with Crippen molar-refractivity contribution in [2.24, 2.45) is 0 Å². The Morgan fingerprint density at radius 1 is 1.42 bits per heavy atom. The Kier molecular flexibility index (Phi) is 4.93. The molecule has 1 aromatic carbocycles. The molecule has 1 aliphatic heterocycles. The predicted octanol–water partition coefficient (Wildman–Crippen LogP) is 2.36. The Hall–Kier alpha value is -1.39. The highest BCUT2D eigenvalue weighted by atomic mass is 16.5. The van der Waals surface area contributed by atoms with Gasteiger partial charge in [-0.3, -0.25) is 0 Å². The highest BCUT2D eigenvalue weighted by Gasteiger charge is 2.30. The van der Waals surface area contributed by atoms with Gasteiger partial charge in [-0.15, -0.1) is 0 Å². The minimum Gasteiger partial charge on any atom is -0.479 e. The van der Waals surface area contributed by atoms with Gasteiger partial charge < -0.3 is 15.2 Å². The number of aliphatic carboxylic acids is 1. The second-order valence-electron chi connectivity index (χ2n) is 4.94. The monoisotopic (exact) mass is 263 g/mol. The van der Waals surface area contributed by atoms with Crippen LogP contribution in [-0.2, 0) is 9.53 Å². The Labute approximate surface area is 113 Å². The van der Waals surface area contributed by atoms with E-state index in [9.17, 15) is 4.79 Å². The Balaban J connectivity index is 1.83. The van der Waals surface area contributed by atoms with Crippen LogP contribution in [0.25, 0.3) is 0 Å². The van der Waals surface area contributed by atoms with Crippen molar-refractivity contribution in [1.29, 1.82) is 0 Å². The smallest absolute Gasteiger partial charge is 0.332 e. The molecule has 0 radical (unpaired) electrons. The summed E-state index contributed by atoms with van der Waals surface area (Å²) in [6.07, 6.45) is 1.82. The van der Waals surface area contributed by atoms with E-state index in [4.69, 9.17) is 9.84 Å². The van der Waals surface area contributed by atoms with E-state index in [0.717, 1.165) is 12.8 Å². The van der Waals surface area contributed by atoms with Crippen LogP contribution in [0.2, 0.25) is 0 Å². The normalized spacial score (nSPS) is 24.3. The summed E-state index contributed by atoms with van der Waals surface area (Å²) in [5.41, 5.74) is 1.26. The molecule has 0 amide bonds. The number of ether oxygens (including phenoxy) is 1. The fourth-order valence-corrected chi connectivity index (χ4v) is 2.49. The third-order valence-electron chi connectivity index (χ3n) is 3.59. The molecule has 1 aliphatic rings. The summed E-state index contributed by atoms with van der Waals surface area (Å²) in [5.74, 6) is -0.849. The summed E-state index contributed by atoms with van der Waals surface area (Å²) in [4.78, 5) is 10.8. The molecular formula is C15H21NO3. The number of nitrogens with one attached hydrogen (secondary N) is 1. The molecule has 104 valence electrons. The molecule has 0 bridgehead atoms. The standard InChI is InChI=1S/C15H21NO3/c1-2-13(11-6-4-3-5-7-11)16-10-12-8-9-14(19-12)15(17)18/h3-7,12-14,16H,2,8-10H2,1H3,(H,17,18). The minimum atomic E-state index is -0.849. The summed E-state index contributed by atoms with van der Waals surface area (Å²) in [5, 5.41) is 12.4. The van der Waals surface area contributed by atoms with Gasteiger partial charge in [0.1, 0.15) is 0 Å². The van der Waals surface area contributed by atoms with E-state index in [1.165, 1.54) is 5.56 Å². The van der Waals surface area contributed by atoms with Gasteiger partial charge in [0.15, 0.2) is 6.10 Å². The zero-order valence-corrected chi connectivity index (χ0v) is 11.2. The van der Waals surface area contributed by atoms with Crippen LogP contribution in [0, 0.1) is 0 Å². The summed E-state index contributed by atoms with van der Waals surface area (Å²) < 4.78 is 5.49. The largest absolute Gasteiger partial charge is 0.479 e. The van der Waals surface area contributed by atoms with Crippen LogP contribution in [0.15, 0.2) is 30.3 Å². The summed E-state index contributed by atoms with van der Waals surface area (Å²) in [6, 6.07) is 10.6. The number of benzene rings is 1. The van der Waals surface area contributed by atoms with Crippen molar-refractivity contribution >= 4 is 5.97 Å². The minimum absolute atomic E-state index is 0.0128. The molecule has 0 aliphatic carbocycles. The number of hydrogen-bond acceptors (Lipinski definition) is 3. The zero-order chi connectivity index (χ0) is 13.7. The molecule has 1 aromatic rings. The van der Waals surface area contributed by atoms with Crippen LogP contribution >= 0.6 is 0 Å². The SMILES string of the molecule is CCC(NCC1CCC(C(=O)O)O1)c1ccccc1. The molecule has 4 heteroatoms. The van der Waals surface area contributed by atoms with Gasteiger partial charge >= 0.3 is 5.97 Å². The van der Waals surface area contributed by atoms with Gasteiger partial charge in [0.2, 0.25) is 0 Å². The van der Waals surface area contributed by atoms with E-state index in [-0.39, 0.29) is 6.10 Å². The maximum Gasteiger partial charge on any atom is 0.332 e. The number of rotatable bonds is 6. The van der Waals surface area contributed by atoms with Crippen LogP contribution in [0.4, 0.5) is 0 Å². The predicted molar refractivity (Wildman–Crippen MR) is 73.0 cm³/mol. The van der Waals surface area contributed by atoms with Crippen molar-refractivity contribution in [3.8, 4) is 0 Å².